The fourth-order valence-electron chi connectivity index (χ4n) is 3.27. The minimum Gasteiger partial charge on any atom is -2.00 e. The van der Waals surface area contributed by atoms with Gasteiger partial charge in [-0.2, -0.15) is 0 Å². The first kappa shape index (κ1) is 36.5. The first-order chi connectivity index (χ1) is 18.1. The van der Waals surface area contributed by atoms with Crippen molar-refractivity contribution in [1.82, 2.24) is 21.3 Å². The molecule has 15 heteroatoms. The van der Waals surface area contributed by atoms with E-state index < -0.39 is 60.7 Å². The van der Waals surface area contributed by atoms with Crippen molar-refractivity contribution in [2.75, 3.05) is 18.8 Å². The van der Waals surface area contributed by atoms with Crippen LogP contribution in [0.4, 0.5) is 0 Å². The molecule has 0 saturated heterocycles. The number of carbonyl (C=O) groups excluding carboxylic acids is 4. The van der Waals surface area contributed by atoms with Crippen molar-refractivity contribution in [2.45, 2.75) is 31.0 Å². The van der Waals surface area contributed by atoms with Crippen LogP contribution < -0.4 is 37.2 Å². The van der Waals surface area contributed by atoms with Gasteiger partial charge in [-0.25, -0.2) is 0 Å². The van der Waals surface area contributed by atoms with Crippen molar-refractivity contribution in [3.05, 3.63) is 65.7 Å². The Labute approximate surface area is 250 Å². The number of carbonyl (C=O) groups is 4. The zero-order valence-electron chi connectivity index (χ0n) is 21.2. The predicted octanol–water partition coefficient (Wildman–Crippen LogP) is -3.16. The van der Waals surface area contributed by atoms with E-state index in [0.29, 0.717) is 5.56 Å². The fourth-order valence-corrected chi connectivity index (χ4v) is 3.51. The van der Waals surface area contributed by atoms with Crippen LogP contribution in [0.5, 0.6) is 5.75 Å². The van der Waals surface area contributed by atoms with Gasteiger partial charge in [0, 0.05) is 20.4 Å². The summed E-state index contributed by atoms with van der Waals surface area (Å²) < 4.78 is 0. The fraction of sp³-hybridized carbons (Fsp3) is 0.320. The second-order valence-electron chi connectivity index (χ2n) is 8.35. The van der Waals surface area contributed by atoms with Gasteiger partial charge in [0.25, 0.3) is 0 Å². The van der Waals surface area contributed by atoms with Gasteiger partial charge in [-0.15, -0.1) is 11.5 Å². The van der Waals surface area contributed by atoms with Crippen molar-refractivity contribution in [1.29, 1.82) is 5.41 Å². The van der Waals surface area contributed by atoms with Crippen LogP contribution in [0.1, 0.15) is 11.1 Å². The topological polar surface area (TPSA) is 241 Å². The molecule has 0 aliphatic heterocycles. The summed E-state index contributed by atoms with van der Waals surface area (Å²) in [6.45, 7) is -0.927. The Kier molecular flexibility index (Phi) is 17.1. The summed E-state index contributed by atoms with van der Waals surface area (Å²) in [5.74, 6) is -4.07. The average Bonchev–Trinajstić information content (AvgIpc) is 2.90. The quantitative estimate of drug-likeness (QED) is 0.0654. The molecule has 4 amide bonds. The molecule has 219 valence electrons. The van der Waals surface area contributed by atoms with Crippen LogP contribution in [0.15, 0.2) is 54.6 Å². The van der Waals surface area contributed by atoms with Gasteiger partial charge >= 0.3 is 0 Å². The molecule has 2 aromatic rings. The number of amides is 4. The molecule has 40 heavy (non-hydrogen) atoms. The van der Waals surface area contributed by atoms with Crippen LogP contribution in [0.3, 0.4) is 0 Å². The molecule has 0 heterocycles. The maximum absolute atomic E-state index is 12.6. The van der Waals surface area contributed by atoms with Gasteiger partial charge in [-0.3, -0.25) is 19.2 Å². The Bertz CT molecular complexity index is 1120. The summed E-state index contributed by atoms with van der Waals surface area (Å²) >= 11 is 4.93. The van der Waals surface area contributed by atoms with Crippen LogP contribution in [0, 0.1) is 5.41 Å². The number of nitrogens with one attached hydrogen (secondary N) is 5. The van der Waals surface area contributed by atoms with Crippen LogP contribution in [-0.4, -0.2) is 66.5 Å². The smallest absolute Gasteiger partial charge is 0.241 e. The summed E-state index contributed by atoms with van der Waals surface area (Å²) in [5.41, 5.74) is 7.25. The van der Waals surface area contributed by atoms with Crippen LogP contribution in [-0.2, 0) is 70.5 Å². The van der Waals surface area contributed by atoms with E-state index in [1.807, 2.05) is 0 Å². The van der Waals surface area contributed by atoms with Crippen LogP contribution in [0.2, 0.25) is 0 Å². The van der Waals surface area contributed by atoms with Crippen molar-refractivity contribution in [3.63, 3.8) is 0 Å². The van der Waals surface area contributed by atoms with Crippen molar-refractivity contribution in [3.8, 4) is 5.75 Å². The monoisotopic (exact) mass is 744 g/mol. The first-order valence-corrected chi connectivity index (χ1v) is 12.2. The zero-order chi connectivity index (χ0) is 28.1. The Morgan fingerprint density at radius 2 is 1.40 bits per heavy atom. The molecule has 0 spiro atoms. The van der Waals surface area contributed by atoms with Crippen molar-refractivity contribution >= 4 is 42.2 Å². The average molecular weight is 744 g/mol. The predicted molar refractivity (Wildman–Crippen MR) is 138 cm³/mol. The molecular formula is C25H29N6O7ReS-5. The summed E-state index contributed by atoms with van der Waals surface area (Å²) in [6, 6.07) is 11.4. The number of hydrogen-bond donors (Lipinski definition) is 6. The maximum atomic E-state index is 12.6. The number of hydrogen-bond acceptors (Lipinski definition) is 9. The molecule has 1 radical (unpaired) electrons. The van der Waals surface area contributed by atoms with Gasteiger partial charge in [-0.05, 0) is 29.9 Å². The normalized spacial score (nSPS) is 12.2. The number of nitrogens with two attached hydrogens (primary N) is 1. The molecule has 13 nitrogen and oxygen atoms in total. The molecular weight excluding hydrogens is 715 g/mol. The van der Waals surface area contributed by atoms with Gasteiger partial charge in [0.2, 0.25) is 23.6 Å². The SMILES string of the molecule is N=C([O-])[C@H](Cc1ccccc1)NC(=O)[C@H](C[S-])NC(=O)CNC(=O)CNC(=O)[C@@H](N)Cc1ccc([O-])cc1.[O-2].[Re]. The van der Waals surface area contributed by atoms with Gasteiger partial charge < -0.3 is 60.7 Å². The molecule has 0 aliphatic rings. The van der Waals surface area contributed by atoms with E-state index in [1.54, 1.807) is 42.5 Å². The molecule has 2 rings (SSSR count). The molecule has 7 N–H and O–H groups in total. The Hall–Kier alpha value is -3.48. The Balaban J connectivity index is 0.00000760. The molecule has 0 saturated carbocycles. The molecule has 0 bridgehead atoms. The molecule has 0 fully saturated rings. The van der Waals surface area contributed by atoms with Gasteiger partial charge in [0.1, 0.15) is 0 Å². The van der Waals surface area contributed by atoms with E-state index in [1.165, 1.54) is 12.1 Å². The van der Waals surface area contributed by atoms with Gasteiger partial charge in [0.15, 0.2) is 0 Å². The summed E-state index contributed by atoms with van der Waals surface area (Å²) in [7, 11) is 0. The number of benzene rings is 2. The second-order valence-corrected chi connectivity index (χ2v) is 8.68. The summed E-state index contributed by atoms with van der Waals surface area (Å²) in [5, 5.41) is 39.7. The Morgan fingerprint density at radius 3 is 1.98 bits per heavy atom. The Morgan fingerprint density at radius 1 is 0.825 bits per heavy atom. The molecule has 2 aromatic carbocycles. The first-order valence-electron chi connectivity index (χ1n) is 11.6. The zero-order valence-corrected chi connectivity index (χ0v) is 24.7. The largest absolute Gasteiger partial charge is 2.00 e. The van der Waals surface area contributed by atoms with E-state index in [-0.39, 0.29) is 50.2 Å². The third-order valence-electron chi connectivity index (χ3n) is 5.32. The van der Waals surface area contributed by atoms with Crippen molar-refractivity contribution in [2.24, 2.45) is 5.73 Å². The molecule has 3 atom stereocenters. The third kappa shape index (κ3) is 13.1. The van der Waals surface area contributed by atoms with E-state index >= 15 is 0 Å². The van der Waals surface area contributed by atoms with Crippen LogP contribution in [0.25, 0.3) is 0 Å². The molecule has 0 aromatic heterocycles. The minimum atomic E-state index is -1.17. The van der Waals surface area contributed by atoms with Gasteiger partial charge in [0.05, 0.1) is 31.2 Å². The molecule has 0 unspecified atom stereocenters. The minimum absolute atomic E-state index is 0. The van der Waals surface area contributed by atoms with Crippen LogP contribution >= 0.6 is 0 Å². The summed E-state index contributed by atoms with van der Waals surface area (Å²) in [4.78, 5) is 48.9. The standard InChI is InChI=1S/C25H32N6O6S.O.Re/c26-18(10-16-6-8-17(32)9-7-16)24(36)29-12-21(33)28-13-22(34)30-20(14-38)25(37)31-19(23(27)35)11-15-4-2-1-3-5-15;;/h1-9,18-20,32,38H,10-14,26H2,(H2,27,35)(H,28,33)(H,29,36)(H,30,34)(H,31,37);;/q;-2;/p-3/t18-,19-,20-;;/m0../s1. The number of rotatable bonds is 14. The summed E-state index contributed by atoms with van der Waals surface area (Å²) in [6.07, 6.45) is 0.267. The van der Waals surface area contributed by atoms with E-state index in [0.717, 1.165) is 5.56 Å². The van der Waals surface area contributed by atoms with Crippen molar-refractivity contribution < 1.29 is 55.3 Å². The second kappa shape index (κ2) is 18.7. The van der Waals surface area contributed by atoms with E-state index in [9.17, 15) is 29.4 Å². The van der Waals surface area contributed by atoms with E-state index in [2.05, 4.69) is 21.3 Å². The maximum Gasteiger partial charge on any atom is 0.241 e. The van der Waals surface area contributed by atoms with E-state index in [4.69, 9.17) is 23.8 Å². The van der Waals surface area contributed by atoms with Gasteiger partial charge in [-0.1, -0.05) is 54.6 Å². The molecule has 0 aliphatic carbocycles. The third-order valence-corrected chi connectivity index (χ3v) is 5.65.